The summed E-state index contributed by atoms with van der Waals surface area (Å²) in [5.41, 5.74) is 4.25. The topological polar surface area (TPSA) is 108 Å². The lowest BCUT2D eigenvalue weighted by atomic mass is 10.2. The number of carbonyl (C=O) groups excluding carboxylic acids is 2. The third-order valence-corrected chi connectivity index (χ3v) is 4.96. The minimum atomic E-state index is -3.69. The first-order valence-corrected chi connectivity index (χ1v) is 8.40. The highest BCUT2D eigenvalue weighted by Crippen LogP contribution is 2.14. The van der Waals surface area contributed by atoms with E-state index in [0.717, 1.165) is 16.6 Å². The number of hydrogen-bond acceptors (Lipinski definition) is 5. The zero-order valence-electron chi connectivity index (χ0n) is 13.4. The third kappa shape index (κ3) is 4.37. The Kier molecular flexibility index (Phi) is 5.45. The van der Waals surface area contributed by atoms with Crippen molar-refractivity contribution in [2.75, 3.05) is 14.1 Å². The molecule has 2 rings (SSSR count). The van der Waals surface area contributed by atoms with Crippen molar-refractivity contribution < 1.29 is 22.4 Å². The van der Waals surface area contributed by atoms with E-state index in [2.05, 4.69) is 15.8 Å². The van der Waals surface area contributed by atoms with E-state index in [1.54, 1.807) is 0 Å². The molecular weight excluding hydrogens is 351 g/mol. The van der Waals surface area contributed by atoms with E-state index >= 15 is 0 Å². The van der Waals surface area contributed by atoms with Crippen LogP contribution in [-0.4, -0.2) is 43.6 Å². The lowest BCUT2D eigenvalue weighted by Gasteiger charge is -2.12. The second kappa shape index (κ2) is 7.36. The summed E-state index contributed by atoms with van der Waals surface area (Å²) in [5.74, 6) is -2.30. The molecule has 0 fully saturated rings. The van der Waals surface area contributed by atoms with Gasteiger partial charge in [-0.05, 0) is 24.3 Å². The monoisotopic (exact) mass is 366 g/mol. The molecule has 2 aromatic rings. The predicted octanol–water partition coefficient (Wildman–Crippen LogP) is 0.546. The highest BCUT2D eigenvalue weighted by atomic mass is 32.2. The van der Waals surface area contributed by atoms with Gasteiger partial charge in [0.2, 0.25) is 16.0 Å². The average molecular weight is 366 g/mol. The fraction of sp³-hybridized carbons (Fsp3) is 0.133. The zero-order chi connectivity index (χ0) is 18.6. The molecule has 0 aliphatic heterocycles. The minimum Gasteiger partial charge on any atom is -0.267 e. The number of amides is 2. The lowest BCUT2D eigenvalue weighted by molar-refractivity contribution is 0.0846. The molecule has 0 bridgehead atoms. The first-order valence-electron chi connectivity index (χ1n) is 6.96. The van der Waals surface area contributed by atoms with Gasteiger partial charge in [-0.25, -0.2) is 17.7 Å². The maximum Gasteiger partial charge on any atom is 0.269 e. The molecular formula is C15H15FN4O4S. The number of rotatable bonds is 4. The fourth-order valence-corrected chi connectivity index (χ4v) is 2.76. The van der Waals surface area contributed by atoms with Crippen LogP contribution in [0.2, 0.25) is 0 Å². The van der Waals surface area contributed by atoms with Crippen LogP contribution in [0.25, 0.3) is 0 Å². The van der Waals surface area contributed by atoms with Crippen molar-refractivity contribution in [3.05, 3.63) is 59.7 Å². The molecule has 1 heterocycles. The summed E-state index contributed by atoms with van der Waals surface area (Å²) in [6.45, 7) is 0. The van der Waals surface area contributed by atoms with Crippen molar-refractivity contribution in [1.82, 2.24) is 20.1 Å². The number of nitrogens with one attached hydrogen (secondary N) is 2. The Balaban J connectivity index is 2.10. The van der Waals surface area contributed by atoms with Gasteiger partial charge in [0.25, 0.3) is 11.8 Å². The second-order valence-corrected chi connectivity index (χ2v) is 7.24. The van der Waals surface area contributed by atoms with Crippen LogP contribution >= 0.6 is 0 Å². The Morgan fingerprint density at radius 1 is 1.04 bits per heavy atom. The Labute approximate surface area is 143 Å². The molecule has 0 atom stereocenters. The van der Waals surface area contributed by atoms with Gasteiger partial charge in [-0.1, -0.05) is 6.07 Å². The molecule has 0 radical (unpaired) electrons. The number of hydrogen-bond donors (Lipinski definition) is 2. The van der Waals surface area contributed by atoms with Gasteiger partial charge in [-0.15, -0.1) is 0 Å². The van der Waals surface area contributed by atoms with Gasteiger partial charge in [0.15, 0.2) is 0 Å². The van der Waals surface area contributed by atoms with Gasteiger partial charge < -0.3 is 0 Å². The third-order valence-electron chi connectivity index (χ3n) is 3.15. The van der Waals surface area contributed by atoms with Gasteiger partial charge in [0.1, 0.15) is 0 Å². The smallest absolute Gasteiger partial charge is 0.267 e. The van der Waals surface area contributed by atoms with Crippen LogP contribution in [0, 0.1) is 5.95 Å². The standard InChI is InChI=1S/C15H15FN4O4S/c1-20(2)25(23,24)12-5-3-4-10(8-12)14(21)18-19-15(22)11-6-7-17-13(16)9-11/h3-9H,1-2H3,(H,18,21)(H,19,22). The molecule has 8 nitrogen and oxygen atoms in total. The number of sulfonamides is 1. The van der Waals surface area contributed by atoms with Crippen molar-refractivity contribution in [3.8, 4) is 0 Å². The number of carbonyl (C=O) groups is 2. The van der Waals surface area contributed by atoms with Crippen LogP contribution in [-0.2, 0) is 10.0 Å². The van der Waals surface area contributed by atoms with E-state index in [1.165, 1.54) is 44.4 Å². The zero-order valence-corrected chi connectivity index (χ0v) is 14.2. The molecule has 132 valence electrons. The first kappa shape index (κ1) is 18.5. The molecule has 0 saturated carbocycles. The molecule has 0 aliphatic carbocycles. The number of aromatic nitrogens is 1. The molecule has 0 saturated heterocycles. The summed E-state index contributed by atoms with van der Waals surface area (Å²) < 4.78 is 38.1. The SMILES string of the molecule is CN(C)S(=O)(=O)c1cccc(C(=O)NNC(=O)c2ccnc(F)c2)c1. The van der Waals surface area contributed by atoms with E-state index < -0.39 is 27.8 Å². The quantitative estimate of drug-likeness (QED) is 0.607. The minimum absolute atomic E-state index is 0.0308. The number of hydrazine groups is 1. The number of halogens is 1. The van der Waals surface area contributed by atoms with E-state index in [4.69, 9.17) is 0 Å². The molecule has 1 aromatic heterocycles. The molecule has 0 unspecified atom stereocenters. The molecule has 1 aromatic carbocycles. The molecule has 2 N–H and O–H groups in total. The maximum absolute atomic E-state index is 13.0. The van der Waals surface area contributed by atoms with E-state index in [0.29, 0.717) is 0 Å². The Morgan fingerprint density at radius 3 is 2.20 bits per heavy atom. The van der Waals surface area contributed by atoms with Crippen LogP contribution < -0.4 is 10.9 Å². The fourth-order valence-electron chi connectivity index (χ4n) is 1.81. The Hall–Kier alpha value is -2.85. The van der Waals surface area contributed by atoms with E-state index in [9.17, 15) is 22.4 Å². The first-order chi connectivity index (χ1) is 11.7. The largest absolute Gasteiger partial charge is 0.269 e. The van der Waals surface area contributed by atoms with Crippen LogP contribution in [0.3, 0.4) is 0 Å². The summed E-state index contributed by atoms with van der Waals surface area (Å²) in [4.78, 5) is 27.2. The Bertz CT molecular complexity index is 915. The van der Waals surface area contributed by atoms with Crippen molar-refractivity contribution in [2.45, 2.75) is 4.90 Å². The van der Waals surface area contributed by atoms with E-state index in [1.807, 2.05) is 0 Å². The normalized spacial score (nSPS) is 11.2. The summed E-state index contributed by atoms with van der Waals surface area (Å²) in [5, 5.41) is 0. The summed E-state index contributed by atoms with van der Waals surface area (Å²) in [6, 6.07) is 7.52. The predicted molar refractivity (Wildman–Crippen MR) is 86.4 cm³/mol. The second-order valence-electron chi connectivity index (χ2n) is 5.09. The summed E-state index contributed by atoms with van der Waals surface area (Å²) in [6.07, 6.45) is 1.11. The molecule has 2 amide bonds. The van der Waals surface area contributed by atoms with Crippen molar-refractivity contribution in [1.29, 1.82) is 0 Å². The van der Waals surface area contributed by atoms with Gasteiger partial charge in [-0.2, -0.15) is 4.39 Å². The highest BCUT2D eigenvalue weighted by molar-refractivity contribution is 7.89. The summed E-state index contributed by atoms with van der Waals surface area (Å²) >= 11 is 0. The van der Waals surface area contributed by atoms with Gasteiger partial charge in [0, 0.05) is 37.5 Å². The van der Waals surface area contributed by atoms with Crippen molar-refractivity contribution >= 4 is 21.8 Å². The number of pyridine rings is 1. The average Bonchev–Trinajstić information content (AvgIpc) is 2.59. The van der Waals surface area contributed by atoms with Crippen LogP contribution in [0.4, 0.5) is 4.39 Å². The lowest BCUT2D eigenvalue weighted by Crippen LogP contribution is -2.41. The highest BCUT2D eigenvalue weighted by Gasteiger charge is 2.19. The van der Waals surface area contributed by atoms with Crippen molar-refractivity contribution in [3.63, 3.8) is 0 Å². The van der Waals surface area contributed by atoms with Crippen LogP contribution in [0.15, 0.2) is 47.5 Å². The van der Waals surface area contributed by atoms with Crippen LogP contribution in [0.5, 0.6) is 0 Å². The molecule has 0 aliphatic rings. The number of nitrogens with zero attached hydrogens (tertiary/aromatic N) is 2. The molecule has 10 heteroatoms. The summed E-state index contributed by atoms with van der Waals surface area (Å²) in [7, 11) is -0.952. The van der Waals surface area contributed by atoms with E-state index in [-0.39, 0.29) is 16.0 Å². The maximum atomic E-state index is 13.0. The Morgan fingerprint density at radius 2 is 1.64 bits per heavy atom. The van der Waals surface area contributed by atoms with Gasteiger partial charge in [-0.3, -0.25) is 20.4 Å². The number of benzene rings is 1. The van der Waals surface area contributed by atoms with Crippen molar-refractivity contribution in [2.24, 2.45) is 0 Å². The molecule has 25 heavy (non-hydrogen) atoms. The molecule has 0 spiro atoms. The van der Waals surface area contributed by atoms with Crippen LogP contribution in [0.1, 0.15) is 20.7 Å². The van der Waals surface area contributed by atoms with Gasteiger partial charge >= 0.3 is 0 Å². The van der Waals surface area contributed by atoms with Gasteiger partial charge in [0.05, 0.1) is 4.90 Å².